The molecule has 0 spiro atoms. The van der Waals surface area contributed by atoms with Crippen LogP contribution in [0.1, 0.15) is 6.92 Å². The van der Waals surface area contributed by atoms with Gasteiger partial charge in [0, 0.05) is 11.0 Å². The molecule has 0 saturated heterocycles. The van der Waals surface area contributed by atoms with Gasteiger partial charge in [-0.3, -0.25) is 14.3 Å². The average Bonchev–Trinajstić information content (AvgIpc) is 2.31. The number of halogens is 1. The number of rotatable bonds is 2. The standard InChI is InChI=1S/C12H11BrN2O3/c1-2-15-11(17)9(10(16)14-12(15)18)7-3-5-8(13)6-4-7/h3-6,17H,2H2,1H3,(H,14,16,18). The number of hydrogen-bond donors (Lipinski definition) is 2. The highest BCUT2D eigenvalue weighted by molar-refractivity contribution is 9.10. The van der Waals surface area contributed by atoms with E-state index < -0.39 is 11.2 Å². The van der Waals surface area contributed by atoms with Crippen molar-refractivity contribution in [3.8, 4) is 17.0 Å². The number of aromatic hydroxyl groups is 1. The summed E-state index contributed by atoms with van der Waals surface area (Å²) in [5, 5.41) is 10.0. The monoisotopic (exact) mass is 310 g/mol. The smallest absolute Gasteiger partial charge is 0.331 e. The molecule has 0 saturated carbocycles. The molecule has 0 amide bonds. The zero-order chi connectivity index (χ0) is 13.3. The Hall–Kier alpha value is -1.82. The molecule has 0 aliphatic carbocycles. The number of nitrogens with zero attached hydrogens (tertiary/aromatic N) is 1. The molecule has 0 atom stereocenters. The van der Waals surface area contributed by atoms with Crippen molar-refractivity contribution in [2.75, 3.05) is 0 Å². The molecule has 0 aliphatic rings. The van der Waals surface area contributed by atoms with Gasteiger partial charge in [-0.05, 0) is 24.6 Å². The highest BCUT2D eigenvalue weighted by atomic mass is 79.9. The van der Waals surface area contributed by atoms with Crippen LogP contribution in [-0.2, 0) is 6.54 Å². The number of aromatic amines is 1. The maximum absolute atomic E-state index is 11.8. The van der Waals surface area contributed by atoms with Crippen LogP contribution in [0.3, 0.4) is 0 Å². The quantitative estimate of drug-likeness (QED) is 0.886. The second kappa shape index (κ2) is 4.81. The van der Waals surface area contributed by atoms with Gasteiger partial charge in [0.25, 0.3) is 5.56 Å². The van der Waals surface area contributed by atoms with E-state index in [4.69, 9.17) is 0 Å². The normalized spacial score (nSPS) is 10.6. The van der Waals surface area contributed by atoms with Crippen LogP contribution in [0.5, 0.6) is 5.88 Å². The Morgan fingerprint density at radius 1 is 1.28 bits per heavy atom. The van der Waals surface area contributed by atoms with Gasteiger partial charge < -0.3 is 5.11 Å². The summed E-state index contributed by atoms with van der Waals surface area (Å²) in [5.41, 5.74) is -0.548. The summed E-state index contributed by atoms with van der Waals surface area (Å²) in [7, 11) is 0. The first-order valence-electron chi connectivity index (χ1n) is 5.36. The molecule has 2 N–H and O–H groups in total. The summed E-state index contributed by atoms with van der Waals surface area (Å²) >= 11 is 3.29. The predicted molar refractivity (Wildman–Crippen MR) is 71.8 cm³/mol. The Labute approximate surface area is 111 Å². The summed E-state index contributed by atoms with van der Waals surface area (Å²) in [6, 6.07) is 6.91. The van der Waals surface area contributed by atoms with Crippen molar-refractivity contribution in [1.29, 1.82) is 0 Å². The van der Waals surface area contributed by atoms with Gasteiger partial charge in [-0.1, -0.05) is 28.1 Å². The molecule has 18 heavy (non-hydrogen) atoms. The summed E-state index contributed by atoms with van der Waals surface area (Å²) in [5.74, 6) is -0.312. The van der Waals surface area contributed by atoms with Crippen molar-refractivity contribution >= 4 is 15.9 Å². The third-order valence-corrected chi connectivity index (χ3v) is 3.15. The molecule has 0 fully saturated rings. The van der Waals surface area contributed by atoms with E-state index in [0.717, 1.165) is 9.04 Å². The van der Waals surface area contributed by atoms with Crippen LogP contribution in [0.15, 0.2) is 38.3 Å². The fourth-order valence-electron chi connectivity index (χ4n) is 1.73. The summed E-state index contributed by atoms with van der Waals surface area (Å²) in [6.07, 6.45) is 0. The minimum absolute atomic E-state index is 0.101. The third-order valence-electron chi connectivity index (χ3n) is 2.62. The van der Waals surface area contributed by atoms with Crippen LogP contribution < -0.4 is 11.2 Å². The van der Waals surface area contributed by atoms with Gasteiger partial charge >= 0.3 is 5.69 Å². The van der Waals surface area contributed by atoms with Gasteiger partial charge in [-0.25, -0.2) is 4.79 Å². The molecule has 6 heteroatoms. The van der Waals surface area contributed by atoms with E-state index in [1.54, 1.807) is 31.2 Å². The Morgan fingerprint density at radius 2 is 1.89 bits per heavy atom. The molecule has 1 aromatic carbocycles. The van der Waals surface area contributed by atoms with Gasteiger partial charge in [-0.15, -0.1) is 0 Å². The summed E-state index contributed by atoms with van der Waals surface area (Å²) in [6.45, 7) is 2.00. The molecular formula is C12H11BrN2O3. The van der Waals surface area contributed by atoms with Crippen LogP contribution in [0.25, 0.3) is 11.1 Å². The minimum atomic E-state index is -0.610. The zero-order valence-corrected chi connectivity index (χ0v) is 11.2. The Kier molecular flexibility index (Phi) is 3.38. The van der Waals surface area contributed by atoms with E-state index in [0.29, 0.717) is 5.56 Å². The lowest BCUT2D eigenvalue weighted by molar-refractivity contribution is 0.408. The van der Waals surface area contributed by atoms with Crippen LogP contribution in [0, 0.1) is 0 Å². The third kappa shape index (κ3) is 2.11. The number of nitrogens with one attached hydrogen (secondary N) is 1. The fraction of sp³-hybridized carbons (Fsp3) is 0.167. The molecular weight excluding hydrogens is 300 g/mol. The lowest BCUT2D eigenvalue weighted by Gasteiger charge is -2.09. The average molecular weight is 311 g/mol. The summed E-state index contributed by atoms with van der Waals surface area (Å²) < 4.78 is 1.98. The van der Waals surface area contributed by atoms with Crippen molar-refractivity contribution < 1.29 is 5.11 Å². The zero-order valence-electron chi connectivity index (χ0n) is 9.61. The van der Waals surface area contributed by atoms with Crippen LogP contribution in [0.4, 0.5) is 0 Å². The van der Waals surface area contributed by atoms with Gasteiger partial charge in [-0.2, -0.15) is 0 Å². The second-order valence-electron chi connectivity index (χ2n) is 3.71. The van der Waals surface area contributed by atoms with Crippen molar-refractivity contribution in [3.05, 3.63) is 49.6 Å². The number of aromatic nitrogens is 2. The van der Waals surface area contributed by atoms with Gasteiger partial charge in [0.1, 0.15) is 5.56 Å². The van der Waals surface area contributed by atoms with Crippen molar-refractivity contribution in [3.63, 3.8) is 0 Å². The lowest BCUT2D eigenvalue weighted by atomic mass is 10.1. The molecule has 0 aliphatic heterocycles. The van der Waals surface area contributed by atoms with E-state index >= 15 is 0 Å². The molecule has 5 nitrogen and oxygen atoms in total. The minimum Gasteiger partial charge on any atom is -0.494 e. The maximum Gasteiger partial charge on any atom is 0.331 e. The molecule has 94 valence electrons. The number of benzene rings is 1. The summed E-state index contributed by atoms with van der Waals surface area (Å²) in [4.78, 5) is 25.4. The molecule has 2 aromatic rings. The Morgan fingerprint density at radius 3 is 2.44 bits per heavy atom. The van der Waals surface area contributed by atoms with E-state index in [-0.39, 0.29) is 18.0 Å². The van der Waals surface area contributed by atoms with Gasteiger partial charge in [0.05, 0.1) is 0 Å². The predicted octanol–water partition coefficient (Wildman–Crippen LogP) is 1.69. The van der Waals surface area contributed by atoms with Gasteiger partial charge in [0.2, 0.25) is 5.88 Å². The Bertz CT molecular complexity index is 686. The largest absolute Gasteiger partial charge is 0.494 e. The lowest BCUT2D eigenvalue weighted by Crippen LogP contribution is -2.30. The van der Waals surface area contributed by atoms with Crippen LogP contribution >= 0.6 is 15.9 Å². The van der Waals surface area contributed by atoms with Crippen molar-refractivity contribution in [2.45, 2.75) is 13.5 Å². The molecule has 0 bridgehead atoms. The molecule has 1 aromatic heterocycles. The first-order valence-corrected chi connectivity index (χ1v) is 6.16. The molecule has 0 unspecified atom stereocenters. The van der Waals surface area contributed by atoms with E-state index in [1.165, 1.54) is 0 Å². The SMILES string of the molecule is CCn1c(O)c(-c2ccc(Br)cc2)c(=O)[nH]c1=O. The first kappa shape index (κ1) is 12.6. The molecule has 0 radical (unpaired) electrons. The second-order valence-corrected chi connectivity index (χ2v) is 4.62. The Balaban J connectivity index is 2.75. The van der Waals surface area contributed by atoms with Crippen molar-refractivity contribution in [2.24, 2.45) is 0 Å². The van der Waals surface area contributed by atoms with Crippen molar-refractivity contribution in [1.82, 2.24) is 9.55 Å². The van der Waals surface area contributed by atoms with Crippen LogP contribution in [-0.4, -0.2) is 14.7 Å². The highest BCUT2D eigenvalue weighted by Gasteiger charge is 2.14. The topological polar surface area (TPSA) is 75.1 Å². The molecule has 1 heterocycles. The molecule has 2 rings (SSSR count). The van der Waals surface area contributed by atoms with E-state index in [9.17, 15) is 14.7 Å². The number of hydrogen-bond acceptors (Lipinski definition) is 3. The number of H-pyrrole nitrogens is 1. The van der Waals surface area contributed by atoms with E-state index in [1.807, 2.05) is 0 Å². The first-order chi connectivity index (χ1) is 8.54. The van der Waals surface area contributed by atoms with Gasteiger partial charge in [0.15, 0.2) is 0 Å². The van der Waals surface area contributed by atoms with E-state index in [2.05, 4.69) is 20.9 Å². The highest BCUT2D eigenvalue weighted by Crippen LogP contribution is 2.25. The van der Waals surface area contributed by atoms with Crippen LogP contribution in [0.2, 0.25) is 0 Å². The maximum atomic E-state index is 11.8. The fourth-order valence-corrected chi connectivity index (χ4v) is 1.99.